The number of carbonyl (C=O) groups excluding carboxylic acids is 2. The Labute approximate surface area is 176 Å². The van der Waals surface area contributed by atoms with E-state index in [1.165, 1.54) is 11.1 Å². The second-order valence-corrected chi connectivity index (χ2v) is 7.88. The fraction of sp³-hybridized carbons (Fsp3) is 0.292. The molecule has 0 saturated carbocycles. The number of carbonyl (C=O) groups is 2. The SMILES string of the molecule is Cc1ccc(CNC(=O)c2cc3n(n2)CCCN(Cc2cccc(C)c2)C3=O)cc1. The van der Waals surface area contributed by atoms with Crippen molar-refractivity contribution in [3.63, 3.8) is 0 Å². The van der Waals surface area contributed by atoms with Crippen molar-refractivity contribution < 1.29 is 9.59 Å². The van der Waals surface area contributed by atoms with Gasteiger partial charge in [0.05, 0.1) is 0 Å². The van der Waals surface area contributed by atoms with E-state index in [9.17, 15) is 9.59 Å². The molecule has 2 amide bonds. The van der Waals surface area contributed by atoms with Gasteiger partial charge in [0.15, 0.2) is 5.69 Å². The number of hydrogen-bond acceptors (Lipinski definition) is 3. The second kappa shape index (κ2) is 8.53. The quantitative estimate of drug-likeness (QED) is 0.711. The smallest absolute Gasteiger partial charge is 0.272 e. The third kappa shape index (κ3) is 4.43. The first kappa shape index (κ1) is 19.9. The molecule has 0 spiro atoms. The highest BCUT2D eigenvalue weighted by atomic mass is 16.2. The number of rotatable bonds is 5. The molecule has 0 atom stereocenters. The number of amides is 2. The summed E-state index contributed by atoms with van der Waals surface area (Å²) >= 11 is 0. The Morgan fingerprint density at radius 3 is 2.57 bits per heavy atom. The van der Waals surface area contributed by atoms with Crippen LogP contribution in [0.15, 0.2) is 54.6 Å². The van der Waals surface area contributed by atoms with Crippen LogP contribution in [0.2, 0.25) is 0 Å². The van der Waals surface area contributed by atoms with Gasteiger partial charge < -0.3 is 10.2 Å². The monoisotopic (exact) mass is 402 g/mol. The first-order valence-electron chi connectivity index (χ1n) is 10.3. The molecule has 4 rings (SSSR count). The van der Waals surface area contributed by atoms with Crippen LogP contribution in [0.3, 0.4) is 0 Å². The minimum Gasteiger partial charge on any atom is -0.347 e. The van der Waals surface area contributed by atoms with Gasteiger partial charge in [-0.15, -0.1) is 0 Å². The van der Waals surface area contributed by atoms with Crippen molar-refractivity contribution in [2.75, 3.05) is 6.54 Å². The van der Waals surface area contributed by atoms with Gasteiger partial charge in [-0.3, -0.25) is 14.3 Å². The number of benzene rings is 2. The van der Waals surface area contributed by atoms with E-state index in [0.717, 1.165) is 17.5 Å². The van der Waals surface area contributed by atoms with Crippen molar-refractivity contribution in [3.8, 4) is 0 Å². The lowest BCUT2D eigenvalue weighted by molar-refractivity contribution is 0.0745. The molecule has 3 aromatic rings. The maximum Gasteiger partial charge on any atom is 0.272 e. The zero-order valence-corrected chi connectivity index (χ0v) is 17.4. The van der Waals surface area contributed by atoms with Gasteiger partial charge in [0.1, 0.15) is 5.69 Å². The number of aryl methyl sites for hydroxylation is 3. The summed E-state index contributed by atoms with van der Waals surface area (Å²) in [5.74, 6) is -0.353. The normalized spacial score (nSPS) is 13.7. The average Bonchev–Trinajstić information content (AvgIpc) is 3.10. The van der Waals surface area contributed by atoms with Gasteiger partial charge in [0, 0.05) is 32.2 Å². The molecule has 2 aromatic carbocycles. The zero-order valence-electron chi connectivity index (χ0n) is 17.4. The van der Waals surface area contributed by atoms with Crippen LogP contribution in [0, 0.1) is 13.8 Å². The maximum absolute atomic E-state index is 13.1. The van der Waals surface area contributed by atoms with Gasteiger partial charge in [-0.1, -0.05) is 59.7 Å². The fourth-order valence-corrected chi connectivity index (χ4v) is 3.71. The standard InChI is InChI=1S/C24H26N4O2/c1-17-7-9-19(10-8-17)15-25-23(29)21-14-22-24(30)27(11-4-12-28(22)26-21)16-20-6-3-5-18(2)13-20/h3,5-10,13-14H,4,11-12,15-16H2,1-2H3,(H,25,29). The summed E-state index contributed by atoms with van der Waals surface area (Å²) in [5, 5.41) is 7.29. The molecule has 0 unspecified atom stereocenters. The van der Waals surface area contributed by atoms with Crippen molar-refractivity contribution in [2.24, 2.45) is 0 Å². The molecule has 2 heterocycles. The highest BCUT2D eigenvalue weighted by Gasteiger charge is 2.26. The van der Waals surface area contributed by atoms with E-state index in [1.54, 1.807) is 10.7 Å². The molecule has 6 nitrogen and oxygen atoms in total. The van der Waals surface area contributed by atoms with E-state index in [0.29, 0.717) is 31.9 Å². The summed E-state index contributed by atoms with van der Waals surface area (Å²) in [6.07, 6.45) is 0.802. The zero-order chi connectivity index (χ0) is 21.1. The Morgan fingerprint density at radius 2 is 1.80 bits per heavy atom. The molecule has 6 heteroatoms. The number of nitrogens with one attached hydrogen (secondary N) is 1. The molecule has 0 radical (unpaired) electrons. The molecule has 0 bridgehead atoms. The van der Waals surface area contributed by atoms with Crippen molar-refractivity contribution in [1.29, 1.82) is 0 Å². The summed E-state index contributed by atoms with van der Waals surface area (Å²) in [4.78, 5) is 27.5. The van der Waals surface area contributed by atoms with Gasteiger partial charge in [0.2, 0.25) is 0 Å². The topological polar surface area (TPSA) is 67.2 Å². The van der Waals surface area contributed by atoms with Crippen molar-refractivity contribution in [3.05, 3.63) is 88.2 Å². The fourth-order valence-electron chi connectivity index (χ4n) is 3.71. The third-order valence-electron chi connectivity index (χ3n) is 5.35. The summed E-state index contributed by atoms with van der Waals surface area (Å²) in [6.45, 7) is 6.35. The van der Waals surface area contributed by atoms with Crippen LogP contribution >= 0.6 is 0 Å². The Balaban J connectivity index is 1.46. The molecule has 1 aliphatic rings. The predicted molar refractivity (Wildman–Crippen MR) is 115 cm³/mol. The Kier molecular flexibility index (Phi) is 5.65. The third-order valence-corrected chi connectivity index (χ3v) is 5.35. The first-order chi connectivity index (χ1) is 14.5. The van der Waals surface area contributed by atoms with Crippen LogP contribution in [0.5, 0.6) is 0 Å². The lowest BCUT2D eigenvalue weighted by Gasteiger charge is -2.20. The van der Waals surface area contributed by atoms with Crippen LogP contribution < -0.4 is 5.32 Å². The van der Waals surface area contributed by atoms with E-state index in [-0.39, 0.29) is 17.5 Å². The number of aromatic nitrogens is 2. The van der Waals surface area contributed by atoms with E-state index < -0.39 is 0 Å². The average molecular weight is 402 g/mol. The molecular weight excluding hydrogens is 376 g/mol. The summed E-state index contributed by atoms with van der Waals surface area (Å²) in [5.41, 5.74) is 5.23. The summed E-state index contributed by atoms with van der Waals surface area (Å²) in [6, 6.07) is 17.8. The van der Waals surface area contributed by atoms with Gasteiger partial charge in [-0.25, -0.2) is 0 Å². The number of fused-ring (bicyclic) bond motifs is 1. The molecule has 0 saturated heterocycles. The molecule has 1 N–H and O–H groups in total. The van der Waals surface area contributed by atoms with Crippen LogP contribution in [-0.2, 0) is 19.6 Å². The molecule has 154 valence electrons. The molecule has 1 aromatic heterocycles. The molecule has 1 aliphatic heterocycles. The molecule has 0 fully saturated rings. The summed E-state index contributed by atoms with van der Waals surface area (Å²) < 4.78 is 1.67. The van der Waals surface area contributed by atoms with Gasteiger partial charge >= 0.3 is 0 Å². The van der Waals surface area contributed by atoms with E-state index in [4.69, 9.17) is 0 Å². The van der Waals surface area contributed by atoms with Crippen molar-refractivity contribution >= 4 is 11.8 Å². The minimum atomic E-state index is -0.269. The lowest BCUT2D eigenvalue weighted by atomic mass is 10.1. The molecule has 30 heavy (non-hydrogen) atoms. The molecule has 0 aliphatic carbocycles. The largest absolute Gasteiger partial charge is 0.347 e. The maximum atomic E-state index is 13.1. The highest BCUT2D eigenvalue weighted by molar-refractivity contribution is 5.98. The van der Waals surface area contributed by atoms with Gasteiger partial charge in [-0.05, 0) is 31.4 Å². The summed E-state index contributed by atoms with van der Waals surface area (Å²) in [7, 11) is 0. The van der Waals surface area contributed by atoms with Crippen molar-refractivity contribution in [1.82, 2.24) is 20.0 Å². The van der Waals surface area contributed by atoms with Crippen LogP contribution in [0.25, 0.3) is 0 Å². The minimum absolute atomic E-state index is 0.0842. The Bertz CT molecular complexity index is 1070. The van der Waals surface area contributed by atoms with Crippen LogP contribution in [-0.4, -0.2) is 33.0 Å². The van der Waals surface area contributed by atoms with E-state index in [2.05, 4.69) is 16.5 Å². The van der Waals surface area contributed by atoms with Crippen molar-refractivity contribution in [2.45, 2.75) is 39.9 Å². The van der Waals surface area contributed by atoms with Crippen LogP contribution in [0.1, 0.15) is 49.7 Å². The van der Waals surface area contributed by atoms with E-state index >= 15 is 0 Å². The Morgan fingerprint density at radius 1 is 1.00 bits per heavy atom. The van der Waals surface area contributed by atoms with Gasteiger partial charge in [0.25, 0.3) is 11.8 Å². The predicted octanol–water partition coefficient (Wildman–Crippen LogP) is 3.48. The van der Waals surface area contributed by atoms with Crippen LogP contribution in [0.4, 0.5) is 0 Å². The second-order valence-electron chi connectivity index (χ2n) is 7.88. The van der Waals surface area contributed by atoms with Gasteiger partial charge in [-0.2, -0.15) is 5.10 Å². The highest BCUT2D eigenvalue weighted by Crippen LogP contribution is 2.17. The number of nitrogens with zero attached hydrogens (tertiary/aromatic N) is 3. The number of hydrogen-bond donors (Lipinski definition) is 1. The molecular formula is C24H26N4O2. The Hall–Kier alpha value is -3.41. The lowest BCUT2D eigenvalue weighted by Crippen LogP contribution is -2.30. The van der Waals surface area contributed by atoms with E-state index in [1.807, 2.05) is 61.2 Å². The first-order valence-corrected chi connectivity index (χ1v) is 10.3.